The Morgan fingerprint density at radius 1 is 1.10 bits per heavy atom. The fraction of sp³-hybridized carbons (Fsp3) is 0.625. The predicted molar refractivity (Wildman–Crippen MR) is 88.9 cm³/mol. The van der Waals surface area contributed by atoms with Crippen molar-refractivity contribution >= 4 is 12.4 Å². The van der Waals surface area contributed by atoms with Crippen LogP contribution in [0.15, 0.2) is 24.3 Å². The third-order valence-electron chi connectivity index (χ3n) is 3.78. The lowest BCUT2D eigenvalue weighted by Crippen LogP contribution is -2.42. The first-order chi connectivity index (χ1) is 9.79. The highest BCUT2D eigenvalue weighted by atomic mass is 35.5. The number of benzene rings is 1. The van der Waals surface area contributed by atoms with Crippen LogP contribution in [-0.4, -0.2) is 50.8 Å². The Kier molecular flexibility index (Phi) is 8.50. The zero-order chi connectivity index (χ0) is 14.2. The van der Waals surface area contributed by atoms with Gasteiger partial charge in [0.25, 0.3) is 0 Å². The summed E-state index contributed by atoms with van der Waals surface area (Å²) in [6.45, 7) is 6.65. The molecule has 5 heteroatoms. The Bertz CT molecular complexity index is 380. The molecule has 0 saturated carbocycles. The van der Waals surface area contributed by atoms with Crippen LogP contribution in [0.5, 0.6) is 11.5 Å². The van der Waals surface area contributed by atoms with Crippen molar-refractivity contribution in [3.8, 4) is 11.5 Å². The normalized spacial score (nSPS) is 15.6. The zero-order valence-electron chi connectivity index (χ0n) is 13.0. The topological polar surface area (TPSA) is 33.7 Å². The smallest absolute Gasteiger partial charge is 0.119 e. The van der Waals surface area contributed by atoms with Gasteiger partial charge < -0.3 is 14.8 Å². The van der Waals surface area contributed by atoms with Crippen molar-refractivity contribution in [2.24, 2.45) is 0 Å². The minimum absolute atomic E-state index is 0. The average molecular weight is 315 g/mol. The standard InChI is InChI=1S/C16H26N2O2.ClH/c1-3-19-15-4-6-16(7-5-15)20-13-12-18(2)14-8-10-17-11-9-14;/h4-7,14,17H,3,8-13H2,1-2H3;1H. The first-order valence-corrected chi connectivity index (χ1v) is 7.56. The van der Waals surface area contributed by atoms with Gasteiger partial charge in [0.15, 0.2) is 0 Å². The number of nitrogens with one attached hydrogen (secondary N) is 1. The number of hydrogen-bond acceptors (Lipinski definition) is 4. The van der Waals surface area contributed by atoms with Crippen LogP contribution in [0.2, 0.25) is 0 Å². The Morgan fingerprint density at radius 3 is 2.24 bits per heavy atom. The molecule has 1 N–H and O–H groups in total. The Labute approximate surface area is 134 Å². The maximum atomic E-state index is 5.79. The van der Waals surface area contributed by atoms with Crippen molar-refractivity contribution < 1.29 is 9.47 Å². The molecule has 0 spiro atoms. The Hall–Kier alpha value is -0.970. The summed E-state index contributed by atoms with van der Waals surface area (Å²) in [5.41, 5.74) is 0. The highest BCUT2D eigenvalue weighted by Gasteiger charge is 2.17. The quantitative estimate of drug-likeness (QED) is 0.838. The van der Waals surface area contributed by atoms with E-state index in [4.69, 9.17) is 9.47 Å². The third kappa shape index (κ3) is 6.12. The summed E-state index contributed by atoms with van der Waals surface area (Å²) in [5, 5.41) is 3.40. The van der Waals surface area contributed by atoms with E-state index < -0.39 is 0 Å². The van der Waals surface area contributed by atoms with E-state index in [0.717, 1.165) is 37.7 Å². The van der Waals surface area contributed by atoms with Crippen molar-refractivity contribution in [2.45, 2.75) is 25.8 Å². The summed E-state index contributed by atoms with van der Waals surface area (Å²) in [6, 6.07) is 8.54. The largest absolute Gasteiger partial charge is 0.494 e. The molecule has 1 aliphatic heterocycles. The lowest BCUT2D eigenvalue weighted by atomic mass is 10.1. The summed E-state index contributed by atoms with van der Waals surface area (Å²) in [4.78, 5) is 2.41. The molecule has 0 unspecified atom stereocenters. The van der Waals surface area contributed by atoms with Crippen molar-refractivity contribution in [1.29, 1.82) is 0 Å². The van der Waals surface area contributed by atoms with Gasteiger partial charge in [-0.15, -0.1) is 12.4 Å². The van der Waals surface area contributed by atoms with E-state index in [0.29, 0.717) is 12.6 Å². The first kappa shape index (κ1) is 18.1. The minimum Gasteiger partial charge on any atom is -0.494 e. The highest BCUT2D eigenvalue weighted by molar-refractivity contribution is 5.85. The number of ether oxygens (including phenoxy) is 2. The van der Waals surface area contributed by atoms with Gasteiger partial charge in [-0.25, -0.2) is 0 Å². The monoisotopic (exact) mass is 314 g/mol. The predicted octanol–water partition coefficient (Wildman–Crippen LogP) is 2.57. The molecule has 120 valence electrons. The molecule has 1 aromatic carbocycles. The first-order valence-electron chi connectivity index (χ1n) is 7.56. The number of piperidine rings is 1. The van der Waals surface area contributed by atoms with Gasteiger partial charge in [0.2, 0.25) is 0 Å². The molecule has 0 amide bonds. The van der Waals surface area contributed by atoms with Gasteiger partial charge in [0.1, 0.15) is 18.1 Å². The Morgan fingerprint density at radius 2 is 1.67 bits per heavy atom. The average Bonchev–Trinajstić information content (AvgIpc) is 2.50. The van der Waals surface area contributed by atoms with Crippen LogP contribution in [0.4, 0.5) is 0 Å². The molecule has 0 aliphatic carbocycles. The molecule has 1 aromatic rings. The van der Waals surface area contributed by atoms with Crippen LogP contribution >= 0.6 is 12.4 Å². The van der Waals surface area contributed by atoms with E-state index in [1.165, 1.54) is 12.8 Å². The van der Waals surface area contributed by atoms with E-state index in [1.54, 1.807) is 0 Å². The van der Waals surface area contributed by atoms with Crippen LogP contribution in [0.25, 0.3) is 0 Å². The second-order valence-corrected chi connectivity index (χ2v) is 5.21. The molecular weight excluding hydrogens is 288 g/mol. The molecule has 1 heterocycles. The van der Waals surface area contributed by atoms with Gasteiger partial charge in [-0.05, 0) is 64.2 Å². The lowest BCUT2D eigenvalue weighted by molar-refractivity contribution is 0.165. The molecular formula is C16H27ClN2O2. The SMILES string of the molecule is CCOc1ccc(OCCN(C)C2CCNCC2)cc1.Cl. The summed E-state index contributed by atoms with van der Waals surface area (Å²) in [6.07, 6.45) is 2.47. The van der Waals surface area contributed by atoms with Gasteiger partial charge in [-0.3, -0.25) is 4.90 Å². The van der Waals surface area contributed by atoms with E-state index in [1.807, 2.05) is 31.2 Å². The van der Waals surface area contributed by atoms with Gasteiger partial charge in [-0.2, -0.15) is 0 Å². The zero-order valence-corrected chi connectivity index (χ0v) is 13.8. The van der Waals surface area contributed by atoms with E-state index in [2.05, 4.69) is 17.3 Å². The van der Waals surface area contributed by atoms with Crippen LogP contribution in [0.1, 0.15) is 19.8 Å². The molecule has 0 radical (unpaired) electrons. The second-order valence-electron chi connectivity index (χ2n) is 5.21. The summed E-state index contributed by atoms with van der Waals surface area (Å²) >= 11 is 0. The molecule has 1 fully saturated rings. The van der Waals surface area contributed by atoms with E-state index >= 15 is 0 Å². The van der Waals surface area contributed by atoms with Crippen LogP contribution in [0, 0.1) is 0 Å². The van der Waals surface area contributed by atoms with Gasteiger partial charge >= 0.3 is 0 Å². The third-order valence-corrected chi connectivity index (χ3v) is 3.78. The van der Waals surface area contributed by atoms with Gasteiger partial charge in [0, 0.05) is 12.6 Å². The van der Waals surface area contributed by atoms with Gasteiger partial charge in [0.05, 0.1) is 6.61 Å². The highest BCUT2D eigenvalue weighted by Crippen LogP contribution is 2.17. The molecule has 0 bridgehead atoms. The van der Waals surface area contributed by atoms with Crippen LogP contribution in [0.3, 0.4) is 0 Å². The maximum absolute atomic E-state index is 5.79. The summed E-state index contributed by atoms with van der Waals surface area (Å²) in [5.74, 6) is 1.80. The lowest BCUT2D eigenvalue weighted by Gasteiger charge is -2.31. The number of likely N-dealkylation sites (N-methyl/N-ethyl adjacent to an activating group) is 1. The van der Waals surface area contributed by atoms with E-state index in [-0.39, 0.29) is 12.4 Å². The minimum atomic E-state index is 0. The van der Waals surface area contributed by atoms with Crippen molar-refractivity contribution in [3.05, 3.63) is 24.3 Å². The number of rotatable bonds is 7. The fourth-order valence-electron chi connectivity index (χ4n) is 2.54. The summed E-state index contributed by atoms with van der Waals surface area (Å²) < 4.78 is 11.2. The second kappa shape index (κ2) is 9.87. The van der Waals surface area contributed by atoms with Crippen molar-refractivity contribution in [3.63, 3.8) is 0 Å². The molecule has 4 nitrogen and oxygen atoms in total. The van der Waals surface area contributed by atoms with Crippen LogP contribution in [-0.2, 0) is 0 Å². The summed E-state index contributed by atoms with van der Waals surface area (Å²) in [7, 11) is 2.19. The van der Waals surface area contributed by atoms with Gasteiger partial charge in [-0.1, -0.05) is 0 Å². The molecule has 2 rings (SSSR count). The molecule has 0 aromatic heterocycles. The number of nitrogens with zero attached hydrogens (tertiary/aromatic N) is 1. The van der Waals surface area contributed by atoms with Crippen LogP contribution < -0.4 is 14.8 Å². The molecule has 1 aliphatic rings. The fourth-order valence-corrected chi connectivity index (χ4v) is 2.54. The molecule has 21 heavy (non-hydrogen) atoms. The molecule has 1 saturated heterocycles. The Balaban J connectivity index is 0.00000220. The van der Waals surface area contributed by atoms with Crippen molar-refractivity contribution in [2.75, 3.05) is 39.9 Å². The van der Waals surface area contributed by atoms with Crippen molar-refractivity contribution in [1.82, 2.24) is 10.2 Å². The number of halogens is 1. The van der Waals surface area contributed by atoms with E-state index in [9.17, 15) is 0 Å². The molecule has 0 atom stereocenters. The number of hydrogen-bond donors (Lipinski definition) is 1. The maximum Gasteiger partial charge on any atom is 0.119 e.